The van der Waals surface area contributed by atoms with Crippen LogP contribution in [0.15, 0.2) is 87.0 Å². The van der Waals surface area contributed by atoms with E-state index in [0.717, 1.165) is 17.1 Å². The van der Waals surface area contributed by atoms with Crippen LogP contribution in [0.5, 0.6) is 0 Å². The Morgan fingerprint density at radius 1 is 0.973 bits per heavy atom. The summed E-state index contributed by atoms with van der Waals surface area (Å²) in [4.78, 5) is 37.9. The fourth-order valence-corrected chi connectivity index (χ4v) is 5.50. The van der Waals surface area contributed by atoms with Crippen LogP contribution in [0.2, 0.25) is 0 Å². The van der Waals surface area contributed by atoms with Crippen LogP contribution >= 0.6 is 15.9 Å². The Hall–Kier alpha value is -3.76. The Morgan fingerprint density at radius 3 is 2.22 bits per heavy atom. The predicted molar refractivity (Wildman–Crippen MR) is 144 cm³/mol. The number of benzene rings is 3. The van der Waals surface area contributed by atoms with Crippen molar-refractivity contribution in [2.24, 2.45) is 0 Å². The van der Waals surface area contributed by atoms with E-state index in [1.165, 1.54) is 28.8 Å². The molecule has 0 atom stereocenters. The number of nitrogens with zero attached hydrogens (tertiary/aromatic N) is 2. The van der Waals surface area contributed by atoms with Crippen molar-refractivity contribution < 1.29 is 23.1 Å². The third-order valence-corrected chi connectivity index (χ3v) is 8.31. The van der Waals surface area contributed by atoms with Crippen molar-refractivity contribution in [2.45, 2.75) is 24.8 Å². The quantitative estimate of drug-likeness (QED) is 0.293. The first-order chi connectivity index (χ1) is 17.6. The van der Waals surface area contributed by atoms with E-state index in [2.05, 4.69) is 15.9 Å². The van der Waals surface area contributed by atoms with E-state index in [1.807, 2.05) is 36.4 Å². The number of Topliss-reactive ketones (excluding diaryl/α,β-unsaturated/α-hetero) is 1. The van der Waals surface area contributed by atoms with E-state index >= 15 is 0 Å². The molecule has 0 aliphatic carbocycles. The van der Waals surface area contributed by atoms with Gasteiger partial charge in [0, 0.05) is 28.9 Å². The van der Waals surface area contributed by atoms with Crippen molar-refractivity contribution in [3.8, 4) is 11.1 Å². The molecule has 0 unspecified atom stereocenters. The molecule has 0 saturated carbocycles. The molecule has 0 aliphatic heterocycles. The molecule has 3 aromatic carbocycles. The van der Waals surface area contributed by atoms with E-state index in [0.29, 0.717) is 21.9 Å². The molecule has 8 nitrogen and oxygen atoms in total. The molecule has 4 aromatic rings. The minimum atomic E-state index is -4.23. The predicted octanol–water partition coefficient (Wildman–Crippen LogP) is 5.37. The first-order valence-electron chi connectivity index (χ1n) is 11.3. The molecule has 10 heteroatoms. The Balaban J connectivity index is 1.93. The topological polar surface area (TPSA) is 114 Å². The molecule has 37 heavy (non-hydrogen) atoms. The van der Waals surface area contributed by atoms with Gasteiger partial charge in [-0.2, -0.15) is 0 Å². The number of halogens is 1. The van der Waals surface area contributed by atoms with Crippen molar-refractivity contribution in [3.63, 3.8) is 0 Å². The summed E-state index contributed by atoms with van der Waals surface area (Å²) in [5.74, 6) is -0.208. The standard InChI is InChI=1S/C27H23BrN2O6S/c1-3-23(31)25-24(18-7-5-4-6-8-18)22-15-19(28)11-14-21(22)26(32)30(25)16-17-9-12-20(13-10-17)37(35,36)29(2)27(33)34/h4-15H,3,16H2,1-2H3,(H,33,34). The smallest absolute Gasteiger partial charge is 0.421 e. The second-order valence-corrected chi connectivity index (χ2v) is 11.2. The minimum absolute atomic E-state index is 0.0147. The fraction of sp³-hybridized carbons (Fsp3) is 0.148. The van der Waals surface area contributed by atoms with Crippen LogP contribution in [0.3, 0.4) is 0 Å². The van der Waals surface area contributed by atoms with Crippen molar-refractivity contribution in [1.82, 2.24) is 8.87 Å². The average molecular weight is 583 g/mol. The second-order valence-electron chi connectivity index (χ2n) is 8.35. The number of hydrogen-bond acceptors (Lipinski definition) is 5. The zero-order valence-electron chi connectivity index (χ0n) is 20.0. The van der Waals surface area contributed by atoms with Gasteiger partial charge in [0.25, 0.3) is 15.6 Å². The number of carboxylic acid groups (broad SMARTS) is 1. The van der Waals surface area contributed by atoms with Gasteiger partial charge in [-0.25, -0.2) is 17.5 Å². The highest BCUT2D eigenvalue weighted by molar-refractivity contribution is 9.10. The number of hydrogen-bond donors (Lipinski definition) is 1. The van der Waals surface area contributed by atoms with Crippen LogP contribution in [0, 0.1) is 0 Å². The summed E-state index contributed by atoms with van der Waals surface area (Å²) in [6, 6.07) is 20.2. The van der Waals surface area contributed by atoms with Crippen LogP contribution < -0.4 is 5.56 Å². The third kappa shape index (κ3) is 4.94. The highest BCUT2D eigenvalue weighted by atomic mass is 79.9. The lowest BCUT2D eigenvalue weighted by atomic mass is 9.94. The Morgan fingerprint density at radius 2 is 1.62 bits per heavy atom. The van der Waals surface area contributed by atoms with Gasteiger partial charge in [0.15, 0.2) is 5.78 Å². The van der Waals surface area contributed by atoms with Crippen LogP contribution in [-0.2, 0) is 16.6 Å². The van der Waals surface area contributed by atoms with Crippen LogP contribution in [0.4, 0.5) is 4.79 Å². The molecule has 1 N–H and O–H groups in total. The van der Waals surface area contributed by atoms with E-state index in [9.17, 15) is 22.8 Å². The summed E-state index contributed by atoms with van der Waals surface area (Å²) in [6.45, 7) is 1.75. The van der Waals surface area contributed by atoms with Gasteiger partial charge in [-0.05, 0) is 46.8 Å². The molecular formula is C27H23BrN2O6S. The average Bonchev–Trinajstić information content (AvgIpc) is 2.89. The molecule has 1 aromatic heterocycles. The Bertz CT molecular complexity index is 1680. The number of amides is 1. The molecule has 0 bridgehead atoms. The lowest BCUT2D eigenvalue weighted by Crippen LogP contribution is -2.31. The molecule has 0 radical (unpaired) electrons. The summed E-state index contributed by atoms with van der Waals surface area (Å²) < 4.78 is 27.4. The zero-order chi connectivity index (χ0) is 26.9. The Kier molecular flexibility index (Phi) is 7.33. The van der Waals surface area contributed by atoms with Gasteiger partial charge < -0.3 is 5.11 Å². The highest BCUT2D eigenvalue weighted by Gasteiger charge is 2.26. The SMILES string of the molecule is CCC(=O)c1c(-c2ccccc2)c2cc(Br)ccc2c(=O)n1Cc1ccc(S(=O)(=O)N(C)C(=O)O)cc1. The number of fused-ring (bicyclic) bond motifs is 1. The number of carbonyl (C=O) groups excluding carboxylic acids is 1. The second kappa shape index (κ2) is 10.3. The van der Waals surface area contributed by atoms with Gasteiger partial charge >= 0.3 is 6.09 Å². The van der Waals surface area contributed by atoms with E-state index < -0.39 is 16.1 Å². The van der Waals surface area contributed by atoms with Crippen molar-refractivity contribution in [2.75, 3.05) is 7.05 Å². The monoisotopic (exact) mass is 582 g/mol. The van der Waals surface area contributed by atoms with Gasteiger partial charge in [0.05, 0.1) is 17.1 Å². The maximum atomic E-state index is 13.7. The molecular weight excluding hydrogens is 560 g/mol. The molecule has 1 amide bonds. The summed E-state index contributed by atoms with van der Waals surface area (Å²) in [7, 11) is -3.28. The van der Waals surface area contributed by atoms with E-state index in [-0.39, 0.29) is 39.2 Å². The molecule has 0 aliphatic rings. The zero-order valence-corrected chi connectivity index (χ0v) is 22.4. The lowest BCUT2D eigenvalue weighted by Gasteiger charge is -2.20. The molecule has 0 spiro atoms. The lowest BCUT2D eigenvalue weighted by molar-refractivity contribution is 0.0979. The maximum absolute atomic E-state index is 13.7. The van der Waals surface area contributed by atoms with E-state index in [4.69, 9.17) is 5.11 Å². The fourth-order valence-electron chi connectivity index (χ4n) is 4.13. The molecule has 0 saturated heterocycles. The normalized spacial score (nSPS) is 11.4. The van der Waals surface area contributed by atoms with Gasteiger partial charge in [-0.3, -0.25) is 14.2 Å². The first-order valence-corrected chi connectivity index (χ1v) is 13.5. The number of carbonyl (C=O) groups is 2. The molecule has 4 rings (SSSR count). The summed E-state index contributed by atoms with van der Waals surface area (Å²) in [6.07, 6.45) is -1.42. The number of aromatic nitrogens is 1. The van der Waals surface area contributed by atoms with Crippen LogP contribution in [-0.4, -0.2) is 41.3 Å². The molecule has 1 heterocycles. The summed E-state index contributed by atoms with van der Waals surface area (Å²) in [5.41, 5.74) is 1.92. The van der Waals surface area contributed by atoms with Crippen LogP contribution in [0.25, 0.3) is 21.9 Å². The van der Waals surface area contributed by atoms with Crippen molar-refractivity contribution >= 4 is 48.6 Å². The highest BCUT2D eigenvalue weighted by Crippen LogP contribution is 2.33. The molecule has 190 valence electrons. The number of sulfonamides is 1. The molecule has 0 fully saturated rings. The number of rotatable bonds is 7. The van der Waals surface area contributed by atoms with Gasteiger partial charge in [-0.15, -0.1) is 0 Å². The van der Waals surface area contributed by atoms with Gasteiger partial charge in [0.1, 0.15) is 0 Å². The first kappa shape index (κ1) is 26.3. The van der Waals surface area contributed by atoms with Gasteiger partial charge in [-0.1, -0.05) is 65.3 Å². The van der Waals surface area contributed by atoms with Crippen LogP contribution in [0.1, 0.15) is 29.4 Å². The largest absolute Gasteiger partial charge is 0.464 e. The number of ketones is 1. The Labute approximate surface area is 222 Å². The van der Waals surface area contributed by atoms with E-state index in [1.54, 1.807) is 19.1 Å². The van der Waals surface area contributed by atoms with Gasteiger partial charge in [0.2, 0.25) is 0 Å². The summed E-state index contributed by atoms with van der Waals surface area (Å²) in [5, 5.41) is 10.2. The maximum Gasteiger partial charge on any atom is 0.421 e. The van der Waals surface area contributed by atoms with Crippen molar-refractivity contribution in [3.05, 3.63) is 98.9 Å². The minimum Gasteiger partial charge on any atom is -0.464 e. The third-order valence-electron chi connectivity index (χ3n) is 6.07. The number of pyridine rings is 1. The summed E-state index contributed by atoms with van der Waals surface area (Å²) >= 11 is 3.47. The van der Waals surface area contributed by atoms with Crippen molar-refractivity contribution in [1.29, 1.82) is 0 Å².